The Kier molecular flexibility index (Phi) is 6.44. The van der Waals surface area contributed by atoms with Gasteiger partial charge in [0.25, 0.3) is 0 Å². The van der Waals surface area contributed by atoms with Crippen LogP contribution in [0.15, 0.2) is 48.5 Å². The Hall–Kier alpha value is -3.02. The molecule has 1 aliphatic heterocycles. The smallest absolute Gasteiger partial charge is 0.337 e. The molecule has 6 nitrogen and oxygen atoms in total. The first-order chi connectivity index (χ1) is 15.1. The van der Waals surface area contributed by atoms with Crippen molar-refractivity contribution in [2.45, 2.75) is 45.2 Å². The third kappa shape index (κ3) is 5.01. The van der Waals surface area contributed by atoms with Crippen molar-refractivity contribution in [3.05, 3.63) is 59.7 Å². The number of amides is 2. The number of nitrogens with one attached hydrogen (secondary N) is 1. The Labute approximate surface area is 184 Å². The number of carbonyl (C=O) groups is 2. The van der Waals surface area contributed by atoms with Crippen molar-refractivity contribution < 1.29 is 14.3 Å². The molecule has 1 aliphatic carbocycles. The quantitative estimate of drug-likeness (QED) is 0.646. The molecule has 164 valence electrons. The van der Waals surface area contributed by atoms with E-state index in [1.807, 2.05) is 41.3 Å². The van der Waals surface area contributed by atoms with Gasteiger partial charge >= 0.3 is 12.0 Å². The van der Waals surface area contributed by atoms with Crippen molar-refractivity contribution in [1.82, 2.24) is 4.90 Å². The second-order valence-corrected chi connectivity index (χ2v) is 8.54. The molecule has 2 amide bonds. The molecule has 1 saturated carbocycles. The Morgan fingerprint density at radius 3 is 2.48 bits per heavy atom. The largest absolute Gasteiger partial charge is 0.465 e. The molecule has 0 spiro atoms. The lowest BCUT2D eigenvalue weighted by Crippen LogP contribution is -2.42. The lowest BCUT2D eigenvalue weighted by atomic mass is 10.1. The summed E-state index contributed by atoms with van der Waals surface area (Å²) in [6, 6.07) is 15.5. The Bertz CT molecular complexity index is 921. The summed E-state index contributed by atoms with van der Waals surface area (Å²) in [5.74, 6) is 0.143. The number of carbonyl (C=O) groups excluding carboxylic acids is 2. The maximum atomic E-state index is 13.5. The van der Waals surface area contributed by atoms with Gasteiger partial charge < -0.3 is 19.9 Å². The number of benzene rings is 2. The van der Waals surface area contributed by atoms with Gasteiger partial charge in [0, 0.05) is 25.7 Å². The maximum Gasteiger partial charge on any atom is 0.337 e. The number of methoxy groups -OCH3 is 1. The highest BCUT2D eigenvalue weighted by atomic mass is 16.5. The Balaban J connectivity index is 1.61. The molecule has 31 heavy (non-hydrogen) atoms. The maximum absolute atomic E-state index is 13.5. The van der Waals surface area contributed by atoms with Gasteiger partial charge in [0.15, 0.2) is 0 Å². The number of anilines is 2. The minimum Gasteiger partial charge on any atom is -0.465 e. The van der Waals surface area contributed by atoms with Crippen molar-refractivity contribution in [2.75, 3.05) is 30.4 Å². The number of rotatable bonds is 7. The molecule has 0 bridgehead atoms. The molecule has 1 unspecified atom stereocenters. The average molecular weight is 422 g/mol. The summed E-state index contributed by atoms with van der Waals surface area (Å²) in [6.45, 7) is 4.59. The highest BCUT2D eigenvalue weighted by Gasteiger charge is 2.34. The molecule has 1 N–H and O–H groups in total. The predicted octanol–water partition coefficient (Wildman–Crippen LogP) is 4.91. The van der Waals surface area contributed by atoms with Crippen LogP contribution in [-0.4, -0.2) is 43.1 Å². The zero-order valence-corrected chi connectivity index (χ0v) is 18.3. The molecular formula is C25H31N3O3. The second-order valence-electron chi connectivity index (χ2n) is 8.54. The van der Waals surface area contributed by atoms with E-state index in [4.69, 9.17) is 4.74 Å². The van der Waals surface area contributed by atoms with Crippen LogP contribution in [-0.2, 0) is 11.3 Å². The number of nitrogens with zero attached hydrogens (tertiary/aromatic N) is 2. The number of ether oxygens (including phenoxy) is 1. The second kappa shape index (κ2) is 9.41. The molecule has 2 fully saturated rings. The van der Waals surface area contributed by atoms with E-state index >= 15 is 0 Å². The summed E-state index contributed by atoms with van der Waals surface area (Å²) in [4.78, 5) is 29.8. The zero-order valence-electron chi connectivity index (χ0n) is 18.3. The topological polar surface area (TPSA) is 61.9 Å². The van der Waals surface area contributed by atoms with E-state index in [-0.39, 0.29) is 12.1 Å². The predicted molar refractivity (Wildman–Crippen MR) is 122 cm³/mol. The van der Waals surface area contributed by atoms with Crippen LogP contribution in [0.3, 0.4) is 0 Å². The molecule has 1 saturated heterocycles. The van der Waals surface area contributed by atoms with Gasteiger partial charge in [0.05, 0.1) is 24.0 Å². The van der Waals surface area contributed by atoms with Crippen LogP contribution in [0.2, 0.25) is 0 Å². The lowest BCUT2D eigenvalue weighted by molar-refractivity contribution is 0.0600. The first-order valence-corrected chi connectivity index (χ1v) is 11.2. The molecule has 2 aromatic carbocycles. The van der Waals surface area contributed by atoms with Crippen LogP contribution in [0.1, 0.15) is 48.5 Å². The van der Waals surface area contributed by atoms with Gasteiger partial charge in [0.2, 0.25) is 0 Å². The third-order valence-electron chi connectivity index (χ3n) is 6.36. The van der Waals surface area contributed by atoms with Crippen LogP contribution < -0.4 is 10.2 Å². The SMILES string of the molecule is COC(=O)c1ccc(N2CCCC2)c(NC(=O)N(Cc2ccccc2)C(C)C2CC2)c1. The third-order valence-corrected chi connectivity index (χ3v) is 6.36. The molecule has 2 aromatic rings. The number of hydrogen-bond acceptors (Lipinski definition) is 4. The minimum atomic E-state index is -0.407. The van der Waals surface area contributed by atoms with Crippen LogP contribution in [0.4, 0.5) is 16.2 Å². The monoisotopic (exact) mass is 421 g/mol. The molecule has 1 heterocycles. The van der Waals surface area contributed by atoms with Gasteiger partial charge in [-0.1, -0.05) is 30.3 Å². The van der Waals surface area contributed by atoms with E-state index in [0.717, 1.165) is 50.0 Å². The first kappa shape index (κ1) is 21.2. The lowest BCUT2D eigenvalue weighted by Gasteiger charge is -2.31. The molecule has 0 radical (unpaired) electrons. The Morgan fingerprint density at radius 2 is 1.84 bits per heavy atom. The number of hydrogen-bond donors (Lipinski definition) is 1. The number of urea groups is 1. The molecule has 0 aromatic heterocycles. The molecular weight excluding hydrogens is 390 g/mol. The minimum absolute atomic E-state index is 0.134. The highest BCUT2D eigenvalue weighted by molar-refractivity contribution is 5.97. The molecule has 6 heteroatoms. The normalized spacial score (nSPS) is 16.6. The fourth-order valence-electron chi connectivity index (χ4n) is 4.32. The van der Waals surface area contributed by atoms with Gasteiger partial charge in [-0.15, -0.1) is 0 Å². The van der Waals surface area contributed by atoms with Crippen molar-refractivity contribution in [2.24, 2.45) is 5.92 Å². The highest BCUT2D eigenvalue weighted by Crippen LogP contribution is 2.36. The molecule has 1 atom stereocenters. The van der Waals surface area contributed by atoms with Gasteiger partial charge in [-0.3, -0.25) is 0 Å². The van der Waals surface area contributed by atoms with Crippen LogP contribution in [0, 0.1) is 5.92 Å². The van der Waals surface area contributed by atoms with E-state index < -0.39 is 5.97 Å². The fourth-order valence-corrected chi connectivity index (χ4v) is 4.32. The Morgan fingerprint density at radius 1 is 1.13 bits per heavy atom. The van der Waals surface area contributed by atoms with E-state index in [1.165, 1.54) is 7.11 Å². The van der Waals surface area contributed by atoms with Crippen LogP contribution >= 0.6 is 0 Å². The van der Waals surface area contributed by atoms with Gasteiger partial charge in [-0.2, -0.15) is 0 Å². The summed E-state index contributed by atoms with van der Waals surface area (Å²) in [7, 11) is 1.37. The van der Waals surface area contributed by atoms with E-state index in [2.05, 4.69) is 17.1 Å². The summed E-state index contributed by atoms with van der Waals surface area (Å²) in [5.41, 5.74) is 3.16. The van der Waals surface area contributed by atoms with Crippen molar-refractivity contribution >= 4 is 23.4 Å². The van der Waals surface area contributed by atoms with Crippen LogP contribution in [0.25, 0.3) is 0 Å². The fraction of sp³-hybridized carbons (Fsp3) is 0.440. The van der Waals surface area contributed by atoms with E-state index in [1.54, 1.807) is 12.1 Å². The first-order valence-electron chi connectivity index (χ1n) is 11.2. The van der Waals surface area contributed by atoms with Crippen LogP contribution in [0.5, 0.6) is 0 Å². The summed E-state index contributed by atoms with van der Waals surface area (Å²) in [6.07, 6.45) is 4.59. The van der Waals surface area contributed by atoms with E-state index in [9.17, 15) is 9.59 Å². The average Bonchev–Trinajstić information content (AvgIpc) is 3.51. The summed E-state index contributed by atoms with van der Waals surface area (Å²) >= 11 is 0. The molecule has 4 rings (SSSR count). The van der Waals surface area contributed by atoms with Gasteiger partial charge in [-0.05, 0) is 62.3 Å². The van der Waals surface area contributed by atoms with Gasteiger partial charge in [-0.25, -0.2) is 9.59 Å². The molecule has 2 aliphatic rings. The standard InChI is InChI=1S/C25H31N3O3/c1-18(20-10-11-20)28(17-19-8-4-3-5-9-19)25(30)26-22-16-21(24(29)31-2)12-13-23(22)27-14-6-7-15-27/h3-5,8-9,12-13,16,18,20H,6-7,10-11,14-15,17H2,1-2H3,(H,26,30). The van der Waals surface area contributed by atoms with Crippen molar-refractivity contribution in [3.8, 4) is 0 Å². The zero-order chi connectivity index (χ0) is 21.8. The number of esters is 1. The van der Waals surface area contributed by atoms with E-state index in [0.29, 0.717) is 23.7 Å². The summed E-state index contributed by atoms with van der Waals surface area (Å²) in [5, 5.41) is 3.13. The van der Waals surface area contributed by atoms with Gasteiger partial charge in [0.1, 0.15) is 0 Å². The van der Waals surface area contributed by atoms with Crippen molar-refractivity contribution in [3.63, 3.8) is 0 Å². The summed E-state index contributed by atoms with van der Waals surface area (Å²) < 4.78 is 4.89. The van der Waals surface area contributed by atoms with Crippen molar-refractivity contribution in [1.29, 1.82) is 0 Å².